The van der Waals surface area contributed by atoms with E-state index in [1.165, 1.54) is 66.1 Å². The van der Waals surface area contributed by atoms with Gasteiger partial charge in [-0.1, -0.05) is 182 Å². The number of hydrogen-bond acceptors (Lipinski definition) is 2. The summed E-state index contributed by atoms with van der Waals surface area (Å²) in [6.07, 6.45) is 0. The third-order valence-corrected chi connectivity index (χ3v) is 12.3. The Labute approximate surface area is 331 Å². The summed E-state index contributed by atoms with van der Waals surface area (Å²) in [5.74, 6) is 0.717. The molecular weight excluding hydrogens is 689 g/mol. The summed E-state index contributed by atoms with van der Waals surface area (Å²) < 4.78 is 0. The predicted octanol–water partition coefficient (Wildman–Crippen LogP) is 13.8. The van der Waals surface area contributed by atoms with E-state index in [0.29, 0.717) is 5.82 Å². The van der Waals surface area contributed by atoms with Crippen molar-refractivity contribution in [2.24, 2.45) is 0 Å². The van der Waals surface area contributed by atoms with E-state index in [9.17, 15) is 0 Å². The maximum atomic E-state index is 5.11. The lowest BCUT2D eigenvalue weighted by molar-refractivity contribution is 0.797. The van der Waals surface area contributed by atoms with Gasteiger partial charge in [-0.25, -0.2) is 9.97 Å². The number of benzene rings is 9. The maximum absolute atomic E-state index is 5.11. The fourth-order valence-electron chi connectivity index (χ4n) is 9.77. The van der Waals surface area contributed by atoms with Gasteiger partial charge in [0.1, 0.15) is 0 Å². The van der Waals surface area contributed by atoms with Gasteiger partial charge in [0.05, 0.1) is 16.8 Å². The molecule has 57 heavy (non-hydrogen) atoms. The third-order valence-electron chi connectivity index (χ3n) is 12.3. The zero-order valence-corrected chi connectivity index (χ0v) is 31.0. The average molecular weight is 723 g/mol. The molecule has 0 radical (unpaired) electrons. The van der Waals surface area contributed by atoms with Crippen LogP contribution in [0.1, 0.15) is 22.3 Å². The normalized spacial score (nSPS) is 13.1. The first kappa shape index (κ1) is 31.9. The van der Waals surface area contributed by atoms with Crippen LogP contribution in [0.4, 0.5) is 0 Å². The average Bonchev–Trinajstić information content (AvgIpc) is 3.77. The molecule has 0 saturated carbocycles. The van der Waals surface area contributed by atoms with E-state index in [4.69, 9.17) is 9.97 Å². The molecule has 0 unspecified atom stereocenters. The van der Waals surface area contributed by atoms with Crippen molar-refractivity contribution in [3.05, 3.63) is 229 Å². The Morgan fingerprint density at radius 3 is 1.42 bits per heavy atom. The van der Waals surface area contributed by atoms with Gasteiger partial charge in [0.2, 0.25) is 0 Å². The van der Waals surface area contributed by atoms with E-state index in [2.05, 4.69) is 182 Å². The molecule has 10 aromatic rings. The van der Waals surface area contributed by atoms with Gasteiger partial charge in [-0.3, -0.25) is 0 Å². The first-order valence-corrected chi connectivity index (χ1v) is 19.6. The van der Waals surface area contributed by atoms with Gasteiger partial charge < -0.3 is 0 Å². The van der Waals surface area contributed by atoms with E-state index < -0.39 is 0 Å². The summed E-state index contributed by atoms with van der Waals surface area (Å²) in [7, 11) is 0. The van der Waals surface area contributed by atoms with E-state index in [1.54, 1.807) is 0 Å². The van der Waals surface area contributed by atoms with Crippen molar-refractivity contribution in [1.29, 1.82) is 0 Å². The molecule has 0 N–H and O–H groups in total. The number of rotatable bonds is 5. The van der Waals surface area contributed by atoms with Crippen molar-refractivity contribution >= 4 is 21.5 Å². The minimum atomic E-state index is -0.350. The standard InChI is InChI=1S/C55H34N2/c1-3-13-35(14-4-1)50-34-51(57-54(56-50)38-15-5-2-6-16-38)43-22-10-21-41(32-43)39-19-9-20-40(31-39)42-29-30-47-45(33-42)44-23-7-8-24-46(44)55(47)48-25-11-17-36-27-28-37-18-12-26-49(55)53(37)52(36)48/h1-34H. The van der Waals surface area contributed by atoms with Crippen molar-refractivity contribution < 1.29 is 0 Å². The van der Waals surface area contributed by atoms with Crippen LogP contribution in [0.3, 0.4) is 0 Å². The van der Waals surface area contributed by atoms with Gasteiger partial charge in [-0.2, -0.15) is 0 Å². The van der Waals surface area contributed by atoms with Crippen LogP contribution >= 0.6 is 0 Å². The lowest BCUT2D eigenvalue weighted by atomic mass is 9.70. The quantitative estimate of drug-likeness (QED) is 0.165. The monoisotopic (exact) mass is 722 g/mol. The molecule has 264 valence electrons. The van der Waals surface area contributed by atoms with Gasteiger partial charge in [-0.05, 0) is 101 Å². The highest BCUT2D eigenvalue weighted by molar-refractivity contribution is 6.17. The van der Waals surface area contributed by atoms with Crippen LogP contribution in [0.15, 0.2) is 206 Å². The summed E-state index contributed by atoms with van der Waals surface area (Å²) in [6, 6.07) is 74.9. The zero-order valence-electron chi connectivity index (χ0n) is 31.0. The second-order valence-electron chi connectivity index (χ2n) is 15.3. The Kier molecular flexibility index (Phi) is 6.88. The van der Waals surface area contributed by atoms with Gasteiger partial charge >= 0.3 is 0 Å². The van der Waals surface area contributed by atoms with Crippen molar-refractivity contribution in [2.75, 3.05) is 0 Å². The van der Waals surface area contributed by atoms with Crippen LogP contribution in [-0.4, -0.2) is 9.97 Å². The largest absolute Gasteiger partial charge is 0.228 e. The molecule has 12 rings (SSSR count). The minimum Gasteiger partial charge on any atom is -0.228 e. The molecule has 0 aliphatic heterocycles. The van der Waals surface area contributed by atoms with E-state index >= 15 is 0 Å². The van der Waals surface area contributed by atoms with Gasteiger partial charge in [0.15, 0.2) is 5.82 Å². The second kappa shape index (κ2) is 12.3. The summed E-state index contributed by atoms with van der Waals surface area (Å²) in [5, 5.41) is 5.39. The predicted molar refractivity (Wildman–Crippen MR) is 235 cm³/mol. The number of hydrogen-bond donors (Lipinski definition) is 0. The molecule has 0 bridgehead atoms. The molecular formula is C55H34N2. The van der Waals surface area contributed by atoms with E-state index in [-0.39, 0.29) is 5.41 Å². The SMILES string of the molecule is c1ccc(-c2cc(-c3cccc(-c4cccc(-c5ccc6c(c5)-c5ccccc5C65c6cccc7ccc8cccc5c8c67)c4)c3)nc(-c3ccccc3)n2)cc1. The summed E-state index contributed by atoms with van der Waals surface area (Å²) >= 11 is 0. The van der Waals surface area contributed by atoms with Crippen molar-refractivity contribution in [2.45, 2.75) is 5.41 Å². The van der Waals surface area contributed by atoms with Crippen LogP contribution in [0, 0.1) is 0 Å². The molecule has 0 atom stereocenters. The number of fused-ring (bicyclic) bond motifs is 7. The van der Waals surface area contributed by atoms with E-state index in [1.807, 2.05) is 24.3 Å². The lowest BCUT2D eigenvalue weighted by Gasteiger charge is -2.30. The molecule has 0 fully saturated rings. The molecule has 0 saturated heterocycles. The van der Waals surface area contributed by atoms with E-state index in [0.717, 1.165) is 39.2 Å². The fraction of sp³-hybridized carbons (Fsp3) is 0.0182. The Hall–Kier alpha value is -7.42. The number of nitrogens with zero attached hydrogens (tertiary/aromatic N) is 2. The summed E-state index contributed by atoms with van der Waals surface area (Å²) in [6.45, 7) is 0. The Bertz CT molecular complexity index is 3110. The molecule has 2 heteroatoms. The van der Waals surface area contributed by atoms with Crippen LogP contribution in [0.2, 0.25) is 0 Å². The molecule has 1 aromatic heterocycles. The molecule has 2 nitrogen and oxygen atoms in total. The number of aromatic nitrogens is 2. The Balaban J connectivity index is 0.966. The molecule has 2 aliphatic carbocycles. The maximum Gasteiger partial charge on any atom is 0.160 e. The lowest BCUT2D eigenvalue weighted by Crippen LogP contribution is -2.26. The highest BCUT2D eigenvalue weighted by Crippen LogP contribution is 2.62. The minimum absolute atomic E-state index is 0.350. The van der Waals surface area contributed by atoms with Crippen LogP contribution in [0.5, 0.6) is 0 Å². The highest BCUT2D eigenvalue weighted by atomic mass is 14.9. The van der Waals surface area contributed by atoms with Crippen LogP contribution < -0.4 is 0 Å². The fourth-order valence-corrected chi connectivity index (χ4v) is 9.77. The van der Waals surface area contributed by atoms with Crippen molar-refractivity contribution in [1.82, 2.24) is 9.97 Å². The zero-order chi connectivity index (χ0) is 37.5. The van der Waals surface area contributed by atoms with Crippen LogP contribution in [0.25, 0.3) is 88.8 Å². The summed E-state index contributed by atoms with van der Waals surface area (Å²) in [5.41, 5.74) is 17.4. The third kappa shape index (κ3) is 4.71. The first-order valence-electron chi connectivity index (χ1n) is 19.6. The second-order valence-corrected chi connectivity index (χ2v) is 15.3. The highest BCUT2D eigenvalue weighted by Gasteiger charge is 2.50. The molecule has 9 aromatic carbocycles. The van der Waals surface area contributed by atoms with Gasteiger partial charge in [0, 0.05) is 16.7 Å². The Morgan fingerprint density at radius 1 is 0.281 bits per heavy atom. The van der Waals surface area contributed by atoms with Crippen LogP contribution in [-0.2, 0) is 5.41 Å². The first-order chi connectivity index (χ1) is 28.2. The smallest absolute Gasteiger partial charge is 0.160 e. The molecule has 2 aliphatic rings. The topological polar surface area (TPSA) is 25.8 Å². The molecule has 1 heterocycles. The molecule has 1 spiro atoms. The van der Waals surface area contributed by atoms with Crippen molar-refractivity contribution in [3.8, 4) is 67.3 Å². The van der Waals surface area contributed by atoms with Gasteiger partial charge in [-0.15, -0.1) is 0 Å². The van der Waals surface area contributed by atoms with Crippen molar-refractivity contribution in [3.63, 3.8) is 0 Å². The summed E-state index contributed by atoms with van der Waals surface area (Å²) in [4.78, 5) is 10.1. The Morgan fingerprint density at radius 2 is 0.754 bits per heavy atom. The van der Waals surface area contributed by atoms with Gasteiger partial charge in [0.25, 0.3) is 0 Å². The molecule has 0 amide bonds.